The average molecular weight is 638 g/mol. The number of ether oxygens (including phenoxy) is 3. The van der Waals surface area contributed by atoms with Crippen molar-refractivity contribution in [1.82, 2.24) is 19.4 Å². The van der Waals surface area contributed by atoms with Crippen LogP contribution in [0.5, 0.6) is 5.88 Å². The lowest BCUT2D eigenvalue weighted by Crippen LogP contribution is -2.42. The third kappa shape index (κ3) is 6.74. The number of pyridine rings is 1. The highest BCUT2D eigenvalue weighted by molar-refractivity contribution is 5.93. The van der Waals surface area contributed by atoms with Gasteiger partial charge >= 0.3 is 5.97 Å². The van der Waals surface area contributed by atoms with Gasteiger partial charge in [-0.15, -0.1) is 0 Å². The standard InChI is InChI=1S/C37H40FN5O4/c1-45-36(44)27-7-8-32-33(20-27)43(22-29-11-18-46-29)34(40-32)23-42-16-14-37(15-17-42)12-9-26(10-13-37)31-3-2-4-35(41-31)47-24-28-6-5-25(21-39)19-30(28)38/h2-8,19-20,26,29H,9-18,22-24H2,1H3/t29-/m0/s1. The molecule has 7 rings (SSSR count). The van der Waals surface area contributed by atoms with E-state index in [1.54, 1.807) is 18.2 Å². The van der Waals surface area contributed by atoms with E-state index in [2.05, 4.69) is 15.5 Å². The largest absolute Gasteiger partial charge is 0.473 e. The fraction of sp³-hybridized carbons (Fsp3) is 0.459. The molecule has 4 aromatic rings. The summed E-state index contributed by atoms with van der Waals surface area (Å²) >= 11 is 0. The van der Waals surface area contributed by atoms with E-state index in [0.29, 0.717) is 33.9 Å². The van der Waals surface area contributed by atoms with Crippen LogP contribution < -0.4 is 4.74 Å². The van der Waals surface area contributed by atoms with Gasteiger partial charge in [-0.1, -0.05) is 12.1 Å². The molecule has 2 aromatic heterocycles. The minimum absolute atomic E-state index is 0.0669. The summed E-state index contributed by atoms with van der Waals surface area (Å²) in [6.07, 6.45) is 8.12. The minimum Gasteiger partial charge on any atom is -0.473 e. The Hall–Kier alpha value is -4.33. The molecule has 0 bridgehead atoms. The van der Waals surface area contributed by atoms with Gasteiger partial charge in [0.05, 0.1) is 54.5 Å². The van der Waals surface area contributed by atoms with E-state index in [-0.39, 0.29) is 18.7 Å². The van der Waals surface area contributed by atoms with Crippen LogP contribution >= 0.6 is 0 Å². The van der Waals surface area contributed by atoms with E-state index < -0.39 is 5.82 Å². The molecule has 9 nitrogen and oxygen atoms in total. The predicted octanol–water partition coefficient (Wildman–Crippen LogP) is 6.54. The van der Waals surface area contributed by atoms with Crippen molar-refractivity contribution >= 4 is 17.0 Å². The molecule has 3 fully saturated rings. The summed E-state index contributed by atoms with van der Waals surface area (Å²) in [7, 11) is 1.41. The van der Waals surface area contributed by atoms with Crippen LogP contribution in [0.15, 0.2) is 54.6 Å². The molecule has 0 unspecified atom stereocenters. The number of nitriles is 1. The first-order chi connectivity index (χ1) is 22.9. The lowest BCUT2D eigenvalue weighted by Gasteiger charge is -2.46. The van der Waals surface area contributed by atoms with Gasteiger partial charge in [0, 0.05) is 29.8 Å². The second-order valence-electron chi connectivity index (χ2n) is 13.3. The highest BCUT2D eigenvalue weighted by Gasteiger charge is 2.39. The molecule has 1 spiro atoms. The Morgan fingerprint density at radius 2 is 1.87 bits per heavy atom. The molecular formula is C37H40FN5O4. The van der Waals surface area contributed by atoms with Crippen molar-refractivity contribution in [3.63, 3.8) is 0 Å². The van der Waals surface area contributed by atoms with Crippen molar-refractivity contribution in [3.8, 4) is 11.9 Å². The Balaban J connectivity index is 0.953. The zero-order chi connectivity index (χ0) is 32.4. The summed E-state index contributed by atoms with van der Waals surface area (Å²) < 4.78 is 33.1. The number of rotatable bonds is 9. The summed E-state index contributed by atoms with van der Waals surface area (Å²) in [5.74, 6) is 1.12. The maximum Gasteiger partial charge on any atom is 0.337 e. The lowest BCUT2D eigenvalue weighted by atomic mass is 9.65. The van der Waals surface area contributed by atoms with Gasteiger partial charge in [0.2, 0.25) is 5.88 Å². The van der Waals surface area contributed by atoms with Gasteiger partial charge in [-0.25, -0.2) is 19.2 Å². The van der Waals surface area contributed by atoms with Crippen molar-refractivity contribution in [2.45, 2.75) is 76.7 Å². The van der Waals surface area contributed by atoms with E-state index in [4.69, 9.17) is 29.4 Å². The van der Waals surface area contributed by atoms with Crippen LogP contribution in [0.2, 0.25) is 0 Å². The van der Waals surface area contributed by atoms with Gasteiger partial charge in [-0.2, -0.15) is 5.26 Å². The Bertz CT molecular complexity index is 1790. The van der Waals surface area contributed by atoms with E-state index in [1.807, 2.05) is 30.3 Å². The quantitative estimate of drug-likeness (QED) is 0.191. The molecular weight excluding hydrogens is 597 g/mol. The minimum atomic E-state index is -0.444. The monoisotopic (exact) mass is 637 g/mol. The van der Waals surface area contributed by atoms with Gasteiger partial charge in [-0.3, -0.25) is 4.90 Å². The molecule has 1 atom stereocenters. The van der Waals surface area contributed by atoms with E-state index in [0.717, 1.165) is 74.6 Å². The molecule has 0 amide bonds. The van der Waals surface area contributed by atoms with Crippen LogP contribution in [0, 0.1) is 22.6 Å². The summed E-state index contributed by atoms with van der Waals surface area (Å²) in [6, 6.07) is 17.8. The Labute approximate surface area is 274 Å². The van der Waals surface area contributed by atoms with Crippen molar-refractivity contribution in [2.75, 3.05) is 26.8 Å². The second-order valence-corrected chi connectivity index (χ2v) is 13.3. The van der Waals surface area contributed by atoms with Crippen LogP contribution in [0.25, 0.3) is 11.0 Å². The highest BCUT2D eigenvalue weighted by Crippen LogP contribution is 2.49. The average Bonchev–Trinajstić information content (AvgIpc) is 3.42. The van der Waals surface area contributed by atoms with Gasteiger partial charge in [0.25, 0.3) is 0 Å². The zero-order valence-corrected chi connectivity index (χ0v) is 26.8. The van der Waals surface area contributed by atoms with Crippen LogP contribution in [0.4, 0.5) is 4.39 Å². The number of halogens is 1. The molecule has 0 N–H and O–H groups in total. The maximum atomic E-state index is 14.3. The van der Waals surface area contributed by atoms with Gasteiger partial charge in [0.15, 0.2) is 0 Å². The number of aromatic nitrogens is 3. The van der Waals surface area contributed by atoms with E-state index >= 15 is 0 Å². The first kappa shape index (κ1) is 31.3. The van der Waals surface area contributed by atoms with Crippen molar-refractivity contribution < 1.29 is 23.4 Å². The smallest absolute Gasteiger partial charge is 0.337 e. The van der Waals surface area contributed by atoms with E-state index in [1.165, 1.54) is 38.9 Å². The fourth-order valence-electron chi connectivity index (χ4n) is 7.41. The third-order valence-electron chi connectivity index (χ3n) is 10.5. The van der Waals surface area contributed by atoms with Gasteiger partial charge < -0.3 is 18.8 Å². The number of carbonyl (C=O) groups is 1. The van der Waals surface area contributed by atoms with Gasteiger partial charge in [-0.05, 0) is 99.8 Å². The van der Waals surface area contributed by atoms with E-state index in [9.17, 15) is 9.18 Å². The highest BCUT2D eigenvalue weighted by atomic mass is 19.1. The summed E-state index contributed by atoms with van der Waals surface area (Å²) in [5.41, 5.74) is 4.48. The van der Waals surface area contributed by atoms with Crippen LogP contribution in [-0.2, 0) is 29.2 Å². The zero-order valence-electron chi connectivity index (χ0n) is 26.8. The Morgan fingerprint density at radius 3 is 2.57 bits per heavy atom. The fourth-order valence-corrected chi connectivity index (χ4v) is 7.41. The lowest BCUT2D eigenvalue weighted by molar-refractivity contribution is -0.0593. The number of hydrogen-bond donors (Lipinski definition) is 0. The number of nitrogens with zero attached hydrogens (tertiary/aromatic N) is 5. The number of fused-ring (bicyclic) bond motifs is 1. The number of likely N-dealkylation sites (tertiary alicyclic amines) is 1. The maximum absolute atomic E-state index is 14.3. The molecule has 2 aromatic carbocycles. The van der Waals surface area contributed by atoms with Crippen LogP contribution in [0.1, 0.15) is 83.9 Å². The molecule has 2 aliphatic heterocycles. The Morgan fingerprint density at radius 1 is 1.06 bits per heavy atom. The number of carbonyl (C=O) groups excluding carboxylic acids is 1. The summed E-state index contributed by atoms with van der Waals surface area (Å²) in [4.78, 5) is 24.6. The molecule has 1 aliphatic carbocycles. The number of hydrogen-bond acceptors (Lipinski definition) is 8. The first-order valence-corrected chi connectivity index (χ1v) is 16.6. The van der Waals surface area contributed by atoms with Crippen molar-refractivity contribution in [1.29, 1.82) is 5.26 Å². The summed E-state index contributed by atoms with van der Waals surface area (Å²) in [6.45, 7) is 4.45. The normalized spacial score (nSPS) is 19.7. The van der Waals surface area contributed by atoms with Gasteiger partial charge in [0.1, 0.15) is 18.2 Å². The van der Waals surface area contributed by atoms with Crippen molar-refractivity contribution in [2.24, 2.45) is 5.41 Å². The first-order valence-electron chi connectivity index (χ1n) is 16.6. The number of imidazole rings is 1. The molecule has 2 saturated heterocycles. The number of benzene rings is 2. The third-order valence-corrected chi connectivity index (χ3v) is 10.5. The molecule has 10 heteroatoms. The molecule has 1 saturated carbocycles. The van der Waals surface area contributed by atoms with Crippen LogP contribution in [-0.4, -0.2) is 58.3 Å². The number of piperidine rings is 1. The number of methoxy groups -OCH3 is 1. The topological polar surface area (TPSA) is 102 Å². The molecule has 244 valence electrons. The SMILES string of the molecule is COC(=O)c1ccc2nc(CN3CCC4(CCC(c5cccc(OCc6ccc(C#N)cc6F)n5)CC4)CC3)n(C[C@@H]3CCO3)c2c1. The molecule has 47 heavy (non-hydrogen) atoms. The summed E-state index contributed by atoms with van der Waals surface area (Å²) in [5, 5.41) is 8.98. The molecule has 3 aliphatic rings. The van der Waals surface area contributed by atoms with Crippen LogP contribution in [0.3, 0.4) is 0 Å². The Kier molecular flexibility index (Phi) is 8.93. The molecule has 4 heterocycles. The predicted molar refractivity (Wildman–Crippen MR) is 173 cm³/mol. The number of esters is 1. The second kappa shape index (κ2) is 13.4. The molecule has 0 radical (unpaired) electrons. The van der Waals surface area contributed by atoms with Crippen molar-refractivity contribution in [3.05, 3.63) is 88.6 Å².